The lowest BCUT2D eigenvalue weighted by atomic mass is 9.98. The van der Waals surface area contributed by atoms with Crippen LogP contribution in [0.25, 0.3) is 0 Å². The summed E-state index contributed by atoms with van der Waals surface area (Å²) in [5.41, 5.74) is 2.29. The molecule has 7 nitrogen and oxygen atoms in total. The molecule has 0 heterocycles. The number of imide groups is 1. The lowest BCUT2D eigenvalue weighted by Crippen LogP contribution is -2.40. The fourth-order valence-electron chi connectivity index (χ4n) is 1.94. The van der Waals surface area contributed by atoms with Crippen molar-refractivity contribution in [2.24, 2.45) is 0 Å². The number of rotatable bonds is 6. The molecule has 0 aromatic heterocycles. The highest BCUT2D eigenvalue weighted by Crippen LogP contribution is 2.23. The molecule has 0 radical (unpaired) electrons. The average molecular weight is 322 g/mol. The summed E-state index contributed by atoms with van der Waals surface area (Å²) in [5, 5.41) is 4.19. The minimum Gasteiger partial charge on any atom is -0.482 e. The van der Waals surface area contributed by atoms with Crippen LogP contribution in [-0.2, 0) is 14.3 Å². The number of esters is 1. The highest BCUT2D eigenvalue weighted by molar-refractivity contribution is 5.95. The number of hydrogen-bond acceptors (Lipinski definition) is 5. The number of nitrogens with one attached hydrogen (secondary N) is 2. The van der Waals surface area contributed by atoms with Crippen molar-refractivity contribution in [2.75, 3.05) is 20.3 Å². The van der Waals surface area contributed by atoms with Crippen LogP contribution in [0.2, 0.25) is 0 Å². The van der Waals surface area contributed by atoms with E-state index < -0.39 is 24.5 Å². The number of amides is 3. The van der Waals surface area contributed by atoms with Gasteiger partial charge >= 0.3 is 12.0 Å². The van der Waals surface area contributed by atoms with Gasteiger partial charge in [-0.2, -0.15) is 0 Å². The lowest BCUT2D eigenvalue weighted by molar-refractivity contribution is -0.150. The van der Waals surface area contributed by atoms with Gasteiger partial charge in [0.2, 0.25) is 0 Å². The third-order valence-electron chi connectivity index (χ3n) is 3.06. The molecule has 2 N–H and O–H groups in total. The maximum Gasteiger partial charge on any atom is 0.344 e. The largest absolute Gasteiger partial charge is 0.482 e. The van der Waals surface area contributed by atoms with Gasteiger partial charge in [0.25, 0.3) is 5.91 Å². The summed E-state index contributed by atoms with van der Waals surface area (Å²) >= 11 is 0. The molecule has 0 fully saturated rings. The van der Waals surface area contributed by atoms with Crippen molar-refractivity contribution in [3.63, 3.8) is 0 Å². The Morgan fingerprint density at radius 3 is 2.43 bits per heavy atom. The van der Waals surface area contributed by atoms with Gasteiger partial charge in [-0.25, -0.2) is 9.59 Å². The van der Waals surface area contributed by atoms with Gasteiger partial charge in [0.15, 0.2) is 13.2 Å². The molecule has 0 bridgehead atoms. The van der Waals surface area contributed by atoms with E-state index >= 15 is 0 Å². The van der Waals surface area contributed by atoms with Crippen LogP contribution in [-0.4, -0.2) is 38.2 Å². The highest BCUT2D eigenvalue weighted by atomic mass is 16.6. The van der Waals surface area contributed by atoms with E-state index in [4.69, 9.17) is 9.47 Å². The molecule has 0 aliphatic rings. The van der Waals surface area contributed by atoms with E-state index in [1.54, 1.807) is 6.07 Å². The Hall–Kier alpha value is -2.57. The second-order valence-corrected chi connectivity index (χ2v) is 5.25. The molecule has 3 amide bonds. The van der Waals surface area contributed by atoms with Crippen LogP contribution in [0.5, 0.6) is 5.75 Å². The van der Waals surface area contributed by atoms with Gasteiger partial charge in [0, 0.05) is 7.05 Å². The van der Waals surface area contributed by atoms with Gasteiger partial charge in [-0.15, -0.1) is 0 Å². The average Bonchev–Trinajstić information content (AvgIpc) is 2.50. The number of benzene rings is 1. The highest BCUT2D eigenvalue weighted by Gasteiger charge is 2.11. The van der Waals surface area contributed by atoms with Crippen LogP contribution >= 0.6 is 0 Å². The van der Waals surface area contributed by atoms with Crippen LogP contribution in [0, 0.1) is 6.92 Å². The third kappa shape index (κ3) is 6.37. The summed E-state index contributed by atoms with van der Waals surface area (Å²) in [5.74, 6) is -0.441. The van der Waals surface area contributed by atoms with Gasteiger partial charge in [0.1, 0.15) is 5.75 Å². The Labute approximate surface area is 135 Å². The van der Waals surface area contributed by atoms with Crippen LogP contribution in [0.3, 0.4) is 0 Å². The molecule has 126 valence electrons. The molecule has 0 unspecified atom stereocenters. The number of hydrogen-bond donors (Lipinski definition) is 2. The first-order chi connectivity index (χ1) is 10.8. The monoisotopic (exact) mass is 322 g/mol. The fraction of sp³-hybridized carbons (Fsp3) is 0.438. The zero-order valence-electron chi connectivity index (χ0n) is 13.8. The standard InChI is InChI=1S/C16H22N2O5/c1-10(2)13-6-5-12(7-11(13)3)22-9-15(20)23-8-14(19)18-16(21)17-4/h5-7,10H,8-9H2,1-4H3,(H2,17,18,19,21). The Morgan fingerprint density at radius 2 is 1.87 bits per heavy atom. The molecular weight excluding hydrogens is 300 g/mol. The molecule has 1 rings (SSSR count). The number of carbonyl (C=O) groups is 3. The van der Waals surface area contributed by atoms with E-state index in [0.29, 0.717) is 11.7 Å². The van der Waals surface area contributed by atoms with Gasteiger partial charge in [-0.3, -0.25) is 10.1 Å². The molecule has 1 aromatic carbocycles. The maximum absolute atomic E-state index is 11.5. The molecule has 1 aromatic rings. The summed E-state index contributed by atoms with van der Waals surface area (Å²) in [4.78, 5) is 33.6. The summed E-state index contributed by atoms with van der Waals surface area (Å²) in [7, 11) is 1.37. The van der Waals surface area contributed by atoms with E-state index in [-0.39, 0.29) is 6.61 Å². The molecule has 0 aliphatic carbocycles. The minimum absolute atomic E-state index is 0.312. The van der Waals surface area contributed by atoms with Crippen LogP contribution in [0.4, 0.5) is 4.79 Å². The predicted octanol–water partition coefficient (Wildman–Crippen LogP) is 1.50. The molecule has 0 spiro atoms. The topological polar surface area (TPSA) is 93.7 Å². The zero-order chi connectivity index (χ0) is 17.4. The van der Waals surface area contributed by atoms with Crippen molar-refractivity contribution in [1.82, 2.24) is 10.6 Å². The van der Waals surface area contributed by atoms with Gasteiger partial charge in [-0.1, -0.05) is 19.9 Å². The number of urea groups is 1. The Bertz CT molecular complexity index is 584. The molecular formula is C16H22N2O5. The lowest BCUT2D eigenvalue weighted by Gasteiger charge is -2.12. The molecule has 7 heteroatoms. The third-order valence-corrected chi connectivity index (χ3v) is 3.06. The van der Waals surface area contributed by atoms with Gasteiger partial charge < -0.3 is 14.8 Å². The van der Waals surface area contributed by atoms with Gasteiger partial charge in [0.05, 0.1) is 0 Å². The number of ether oxygens (including phenoxy) is 2. The summed E-state index contributed by atoms with van der Waals surface area (Å²) in [6.45, 7) is 5.33. The van der Waals surface area contributed by atoms with E-state index in [1.165, 1.54) is 12.6 Å². The van der Waals surface area contributed by atoms with Crippen LogP contribution in [0.1, 0.15) is 30.9 Å². The SMILES string of the molecule is CNC(=O)NC(=O)COC(=O)COc1ccc(C(C)C)c(C)c1. The second kappa shape index (κ2) is 8.77. The van der Waals surface area contributed by atoms with E-state index in [2.05, 4.69) is 19.2 Å². The summed E-state index contributed by atoms with van der Waals surface area (Å²) in [6.07, 6.45) is 0. The zero-order valence-corrected chi connectivity index (χ0v) is 13.8. The Balaban J connectivity index is 2.40. The molecule has 0 saturated carbocycles. The number of carbonyl (C=O) groups excluding carboxylic acids is 3. The Morgan fingerprint density at radius 1 is 1.17 bits per heavy atom. The van der Waals surface area contributed by atoms with Crippen molar-refractivity contribution >= 4 is 17.9 Å². The molecule has 0 aliphatic heterocycles. The van der Waals surface area contributed by atoms with Crippen LogP contribution in [0.15, 0.2) is 18.2 Å². The Kier molecular flexibility index (Phi) is 7.05. The smallest absolute Gasteiger partial charge is 0.344 e. The van der Waals surface area contributed by atoms with E-state index in [1.807, 2.05) is 24.4 Å². The van der Waals surface area contributed by atoms with Crippen molar-refractivity contribution < 1.29 is 23.9 Å². The van der Waals surface area contributed by atoms with Crippen LogP contribution < -0.4 is 15.4 Å². The number of aryl methyl sites for hydroxylation is 1. The maximum atomic E-state index is 11.5. The molecule has 0 saturated heterocycles. The molecule has 0 atom stereocenters. The summed E-state index contributed by atoms with van der Waals surface area (Å²) < 4.78 is 10.0. The fourth-order valence-corrected chi connectivity index (χ4v) is 1.94. The predicted molar refractivity (Wildman–Crippen MR) is 84.3 cm³/mol. The quantitative estimate of drug-likeness (QED) is 0.774. The van der Waals surface area contributed by atoms with Gasteiger partial charge in [-0.05, 0) is 36.1 Å². The minimum atomic E-state index is -0.713. The second-order valence-electron chi connectivity index (χ2n) is 5.25. The van der Waals surface area contributed by atoms with Crippen molar-refractivity contribution in [3.05, 3.63) is 29.3 Å². The first-order valence-electron chi connectivity index (χ1n) is 7.24. The van der Waals surface area contributed by atoms with Crippen molar-refractivity contribution in [3.8, 4) is 5.75 Å². The van der Waals surface area contributed by atoms with Crippen molar-refractivity contribution in [2.45, 2.75) is 26.7 Å². The normalized spacial score (nSPS) is 10.1. The van der Waals surface area contributed by atoms with E-state index in [0.717, 1.165) is 5.56 Å². The molecule has 23 heavy (non-hydrogen) atoms. The van der Waals surface area contributed by atoms with Crippen molar-refractivity contribution in [1.29, 1.82) is 0 Å². The first kappa shape index (κ1) is 18.5. The van der Waals surface area contributed by atoms with E-state index in [9.17, 15) is 14.4 Å². The first-order valence-corrected chi connectivity index (χ1v) is 7.24. The summed E-state index contributed by atoms with van der Waals surface area (Å²) in [6, 6.07) is 4.93.